The smallest absolute Gasteiger partial charge is 0.317 e. The fraction of sp³-hybridized carbons (Fsp3) is 0.316. The third-order valence-electron chi connectivity index (χ3n) is 4.16. The first-order chi connectivity index (χ1) is 12.1. The Bertz CT molecular complexity index is 721. The largest absolute Gasteiger partial charge is 0.508 e. The average Bonchev–Trinajstić information content (AvgIpc) is 3.05. The van der Waals surface area contributed by atoms with Gasteiger partial charge in [0.25, 0.3) is 0 Å². The summed E-state index contributed by atoms with van der Waals surface area (Å²) in [5, 5.41) is 12.1. The lowest BCUT2D eigenvalue weighted by atomic mass is 10.1. The first kappa shape index (κ1) is 17.1. The van der Waals surface area contributed by atoms with Crippen LogP contribution in [-0.4, -0.2) is 41.8 Å². The number of amides is 2. The molecule has 1 atom stereocenters. The highest BCUT2D eigenvalue weighted by molar-refractivity contribution is 5.74. The molecule has 132 valence electrons. The number of phenols is 1. The first-order valence-corrected chi connectivity index (χ1v) is 8.33. The molecule has 0 aromatic heterocycles. The number of rotatable bonds is 5. The molecule has 2 aromatic carbocycles. The number of phenolic OH excluding ortho intramolecular Hbond substituents is 1. The van der Waals surface area contributed by atoms with E-state index in [4.69, 9.17) is 4.74 Å². The normalized spacial score (nSPS) is 16.7. The van der Waals surface area contributed by atoms with Gasteiger partial charge in [0, 0.05) is 25.6 Å². The number of hydrogen-bond acceptors (Lipinski definition) is 3. The van der Waals surface area contributed by atoms with Gasteiger partial charge in [-0.25, -0.2) is 9.18 Å². The average molecular weight is 344 g/mol. The summed E-state index contributed by atoms with van der Waals surface area (Å²) in [6.07, 6.45) is 1.30. The van der Waals surface area contributed by atoms with Crippen LogP contribution >= 0.6 is 0 Å². The van der Waals surface area contributed by atoms with Crippen molar-refractivity contribution in [3.63, 3.8) is 0 Å². The number of nitrogens with one attached hydrogen (secondary N) is 1. The van der Waals surface area contributed by atoms with Crippen molar-refractivity contribution in [3.05, 3.63) is 59.9 Å². The van der Waals surface area contributed by atoms with Crippen molar-refractivity contribution in [2.75, 3.05) is 19.6 Å². The third kappa shape index (κ3) is 4.86. The zero-order valence-electron chi connectivity index (χ0n) is 13.8. The van der Waals surface area contributed by atoms with Crippen LogP contribution in [0.3, 0.4) is 0 Å². The van der Waals surface area contributed by atoms with E-state index >= 15 is 0 Å². The van der Waals surface area contributed by atoms with E-state index in [9.17, 15) is 14.3 Å². The molecule has 1 aliphatic heterocycles. The predicted octanol–water partition coefficient (Wildman–Crippen LogP) is 2.94. The summed E-state index contributed by atoms with van der Waals surface area (Å²) in [6, 6.07) is 12.8. The second kappa shape index (κ2) is 7.88. The molecule has 25 heavy (non-hydrogen) atoms. The lowest BCUT2D eigenvalue weighted by molar-refractivity contribution is 0.186. The van der Waals surface area contributed by atoms with E-state index in [-0.39, 0.29) is 23.7 Å². The van der Waals surface area contributed by atoms with Gasteiger partial charge >= 0.3 is 6.03 Å². The summed E-state index contributed by atoms with van der Waals surface area (Å²) in [5.41, 5.74) is 1.05. The van der Waals surface area contributed by atoms with Crippen LogP contribution < -0.4 is 10.1 Å². The molecule has 5 nitrogen and oxygen atoms in total. The first-order valence-electron chi connectivity index (χ1n) is 8.33. The van der Waals surface area contributed by atoms with E-state index < -0.39 is 0 Å². The highest BCUT2D eigenvalue weighted by atomic mass is 19.1. The molecule has 1 heterocycles. The van der Waals surface area contributed by atoms with Crippen molar-refractivity contribution in [1.82, 2.24) is 10.2 Å². The van der Waals surface area contributed by atoms with Crippen molar-refractivity contribution in [2.45, 2.75) is 18.9 Å². The maximum Gasteiger partial charge on any atom is 0.317 e. The summed E-state index contributed by atoms with van der Waals surface area (Å²) in [4.78, 5) is 13.9. The number of carbonyl (C=O) groups excluding carboxylic acids is 1. The van der Waals surface area contributed by atoms with Gasteiger partial charge in [-0.05, 0) is 36.2 Å². The van der Waals surface area contributed by atoms with E-state index in [0.717, 1.165) is 12.0 Å². The Balaban J connectivity index is 1.42. The Morgan fingerprint density at radius 2 is 2.08 bits per heavy atom. The van der Waals surface area contributed by atoms with Gasteiger partial charge in [0.05, 0.1) is 6.54 Å². The number of aromatic hydroxyl groups is 1. The maximum atomic E-state index is 13.2. The quantitative estimate of drug-likeness (QED) is 0.877. The molecule has 0 aliphatic carbocycles. The van der Waals surface area contributed by atoms with Gasteiger partial charge in [-0.2, -0.15) is 0 Å². The van der Waals surface area contributed by atoms with Gasteiger partial charge in [0.15, 0.2) is 0 Å². The molecule has 1 aliphatic rings. The molecule has 0 bridgehead atoms. The zero-order valence-corrected chi connectivity index (χ0v) is 13.8. The summed E-state index contributed by atoms with van der Waals surface area (Å²) in [6.45, 7) is 1.63. The molecular formula is C19H21FN2O3. The van der Waals surface area contributed by atoms with Gasteiger partial charge in [-0.15, -0.1) is 0 Å². The molecule has 0 saturated carbocycles. The Hall–Kier alpha value is -2.76. The second-order valence-corrected chi connectivity index (χ2v) is 6.08. The number of nitrogens with zero attached hydrogens (tertiary/aromatic N) is 1. The van der Waals surface area contributed by atoms with Crippen molar-refractivity contribution in [3.8, 4) is 11.5 Å². The number of ether oxygens (including phenoxy) is 1. The fourth-order valence-corrected chi connectivity index (χ4v) is 2.83. The minimum absolute atomic E-state index is 0.121. The van der Waals surface area contributed by atoms with Crippen LogP contribution in [0.25, 0.3) is 0 Å². The van der Waals surface area contributed by atoms with Crippen LogP contribution in [0, 0.1) is 5.82 Å². The molecule has 1 fully saturated rings. The van der Waals surface area contributed by atoms with Crippen LogP contribution in [0.2, 0.25) is 0 Å². The highest BCUT2D eigenvalue weighted by Crippen LogP contribution is 2.19. The fourth-order valence-electron chi connectivity index (χ4n) is 2.83. The molecule has 1 saturated heterocycles. The van der Waals surface area contributed by atoms with E-state index in [1.54, 1.807) is 29.2 Å². The highest BCUT2D eigenvalue weighted by Gasteiger charge is 2.27. The molecule has 0 spiro atoms. The van der Waals surface area contributed by atoms with Gasteiger partial charge in [0.1, 0.15) is 23.4 Å². The SMILES string of the molecule is O=C(NCCc1ccc(O)cc1)N1CCC(Oc2cccc(F)c2)C1. The van der Waals surface area contributed by atoms with Gasteiger partial charge in [0.2, 0.25) is 0 Å². The Morgan fingerprint density at radius 1 is 1.28 bits per heavy atom. The predicted molar refractivity (Wildman–Crippen MR) is 92.2 cm³/mol. The Kier molecular flexibility index (Phi) is 5.38. The summed E-state index contributed by atoms with van der Waals surface area (Å²) < 4.78 is 18.9. The van der Waals surface area contributed by atoms with Crippen molar-refractivity contribution < 1.29 is 19.0 Å². The lowest BCUT2D eigenvalue weighted by Gasteiger charge is -2.18. The molecule has 2 aromatic rings. The van der Waals surface area contributed by atoms with Crippen LogP contribution in [0.1, 0.15) is 12.0 Å². The van der Waals surface area contributed by atoms with Crippen molar-refractivity contribution in [2.24, 2.45) is 0 Å². The summed E-state index contributed by atoms with van der Waals surface area (Å²) in [5.74, 6) is 0.383. The van der Waals surface area contributed by atoms with E-state index in [1.165, 1.54) is 12.1 Å². The number of halogens is 1. The molecule has 6 heteroatoms. The van der Waals surface area contributed by atoms with E-state index in [0.29, 0.717) is 31.8 Å². The number of hydrogen-bond donors (Lipinski definition) is 2. The lowest BCUT2D eigenvalue weighted by Crippen LogP contribution is -2.40. The number of urea groups is 1. The van der Waals surface area contributed by atoms with E-state index in [1.807, 2.05) is 12.1 Å². The van der Waals surface area contributed by atoms with Gasteiger partial charge in [-0.1, -0.05) is 18.2 Å². The number of benzene rings is 2. The summed E-state index contributed by atoms with van der Waals surface area (Å²) >= 11 is 0. The molecule has 2 N–H and O–H groups in total. The second-order valence-electron chi connectivity index (χ2n) is 6.08. The Labute approximate surface area is 146 Å². The minimum Gasteiger partial charge on any atom is -0.508 e. The molecule has 2 amide bonds. The minimum atomic E-state index is -0.334. The summed E-state index contributed by atoms with van der Waals surface area (Å²) in [7, 11) is 0. The zero-order chi connectivity index (χ0) is 17.6. The van der Waals surface area contributed by atoms with Crippen molar-refractivity contribution in [1.29, 1.82) is 0 Å². The number of carbonyl (C=O) groups is 1. The van der Waals surface area contributed by atoms with Crippen LogP contribution in [-0.2, 0) is 6.42 Å². The molecular weight excluding hydrogens is 323 g/mol. The monoisotopic (exact) mass is 344 g/mol. The maximum absolute atomic E-state index is 13.2. The topological polar surface area (TPSA) is 61.8 Å². The number of likely N-dealkylation sites (tertiary alicyclic amines) is 1. The Morgan fingerprint density at radius 3 is 2.84 bits per heavy atom. The van der Waals surface area contributed by atoms with Crippen LogP contribution in [0.15, 0.2) is 48.5 Å². The molecule has 1 unspecified atom stereocenters. The molecule has 0 radical (unpaired) electrons. The third-order valence-corrected chi connectivity index (χ3v) is 4.16. The van der Waals surface area contributed by atoms with Gasteiger partial charge < -0.3 is 20.1 Å². The van der Waals surface area contributed by atoms with Crippen LogP contribution in [0.5, 0.6) is 11.5 Å². The van der Waals surface area contributed by atoms with Crippen molar-refractivity contribution >= 4 is 6.03 Å². The molecule has 3 rings (SSSR count). The van der Waals surface area contributed by atoms with E-state index in [2.05, 4.69) is 5.32 Å². The standard InChI is InChI=1S/C19H21FN2O3/c20-15-2-1-3-17(12-15)25-18-9-11-22(13-18)19(24)21-10-8-14-4-6-16(23)7-5-14/h1-7,12,18,23H,8-11,13H2,(H,21,24). The van der Waals surface area contributed by atoms with Gasteiger partial charge in [-0.3, -0.25) is 0 Å². The van der Waals surface area contributed by atoms with Crippen LogP contribution in [0.4, 0.5) is 9.18 Å².